The number of rotatable bonds is 4. The van der Waals surface area contributed by atoms with Crippen molar-refractivity contribution in [1.82, 2.24) is 9.13 Å². The van der Waals surface area contributed by atoms with Gasteiger partial charge in [-0.25, -0.2) is 0 Å². The van der Waals surface area contributed by atoms with Gasteiger partial charge >= 0.3 is 0 Å². The van der Waals surface area contributed by atoms with Crippen LogP contribution in [-0.4, -0.2) is 9.13 Å². The Kier molecular flexibility index (Phi) is 5.91. The van der Waals surface area contributed by atoms with Crippen LogP contribution in [0.25, 0.3) is 88.0 Å². The fourth-order valence-corrected chi connectivity index (χ4v) is 7.68. The van der Waals surface area contributed by atoms with E-state index in [1.165, 1.54) is 82.3 Å². The fourth-order valence-electron chi connectivity index (χ4n) is 7.68. The fraction of sp³-hybridized carbons (Fsp3) is 0. The molecule has 10 aromatic rings. The van der Waals surface area contributed by atoms with Crippen molar-refractivity contribution in [2.45, 2.75) is 0 Å². The van der Waals surface area contributed by atoms with E-state index in [0.717, 1.165) is 5.69 Å². The van der Waals surface area contributed by atoms with Crippen LogP contribution in [-0.2, 0) is 0 Å². The Hall–Kier alpha value is -6.38. The van der Waals surface area contributed by atoms with E-state index < -0.39 is 0 Å². The van der Waals surface area contributed by atoms with E-state index in [9.17, 15) is 0 Å². The zero-order chi connectivity index (χ0) is 31.6. The largest absolute Gasteiger partial charge is 0.309 e. The molecule has 0 aliphatic rings. The van der Waals surface area contributed by atoms with E-state index >= 15 is 0 Å². The van der Waals surface area contributed by atoms with Crippen LogP contribution in [0, 0.1) is 0 Å². The molecule has 0 spiro atoms. The van der Waals surface area contributed by atoms with E-state index in [4.69, 9.17) is 0 Å². The molecule has 0 aliphatic carbocycles. The highest BCUT2D eigenvalue weighted by atomic mass is 15.0. The van der Waals surface area contributed by atoms with E-state index in [1.807, 2.05) is 0 Å². The second-order valence-corrected chi connectivity index (χ2v) is 12.6. The van der Waals surface area contributed by atoms with Crippen molar-refractivity contribution in [2.24, 2.45) is 0 Å². The lowest BCUT2D eigenvalue weighted by atomic mass is 9.99. The number of hydrogen-bond donors (Lipinski definition) is 0. The van der Waals surface area contributed by atoms with Gasteiger partial charge in [0.05, 0.1) is 22.1 Å². The first kappa shape index (κ1) is 26.8. The molecule has 2 nitrogen and oxygen atoms in total. The van der Waals surface area contributed by atoms with Gasteiger partial charge < -0.3 is 9.13 Å². The zero-order valence-electron chi connectivity index (χ0n) is 26.2. The molecule has 0 fully saturated rings. The number of benzene rings is 8. The minimum atomic E-state index is 1.15. The molecule has 2 aromatic heterocycles. The molecule has 0 bridgehead atoms. The molecule has 2 heterocycles. The molecule has 224 valence electrons. The highest BCUT2D eigenvalue weighted by Crippen LogP contribution is 2.42. The predicted molar refractivity (Wildman–Crippen MR) is 203 cm³/mol. The van der Waals surface area contributed by atoms with Gasteiger partial charge in [0.2, 0.25) is 0 Å². The van der Waals surface area contributed by atoms with Crippen molar-refractivity contribution < 1.29 is 0 Å². The van der Waals surface area contributed by atoms with Crippen LogP contribution in [0.4, 0.5) is 0 Å². The summed E-state index contributed by atoms with van der Waals surface area (Å²) in [6, 6.07) is 66.2. The van der Waals surface area contributed by atoms with Crippen LogP contribution in [0.1, 0.15) is 0 Å². The third kappa shape index (κ3) is 4.06. The first-order valence-corrected chi connectivity index (χ1v) is 16.5. The Morgan fingerprint density at radius 1 is 0.292 bits per heavy atom. The van der Waals surface area contributed by atoms with Crippen molar-refractivity contribution in [3.05, 3.63) is 182 Å². The normalized spacial score (nSPS) is 11.8. The molecule has 0 unspecified atom stereocenters. The van der Waals surface area contributed by atoms with E-state index in [0.29, 0.717) is 0 Å². The highest BCUT2D eigenvalue weighted by Gasteiger charge is 2.20. The van der Waals surface area contributed by atoms with E-state index in [-0.39, 0.29) is 0 Å². The topological polar surface area (TPSA) is 9.86 Å². The van der Waals surface area contributed by atoms with Crippen LogP contribution in [0.3, 0.4) is 0 Å². The number of nitrogens with zero attached hydrogens (tertiary/aromatic N) is 2. The quantitative estimate of drug-likeness (QED) is 0.188. The molecule has 48 heavy (non-hydrogen) atoms. The van der Waals surface area contributed by atoms with Crippen molar-refractivity contribution >= 4 is 54.4 Å². The van der Waals surface area contributed by atoms with Crippen LogP contribution in [0.2, 0.25) is 0 Å². The Labute approximate surface area is 278 Å². The third-order valence-corrected chi connectivity index (χ3v) is 9.89. The van der Waals surface area contributed by atoms with Crippen molar-refractivity contribution in [3.8, 4) is 33.6 Å². The smallest absolute Gasteiger partial charge is 0.0641 e. The average molecular weight is 611 g/mol. The molecule has 0 saturated carbocycles. The van der Waals surface area contributed by atoms with Gasteiger partial charge in [0.15, 0.2) is 0 Å². The summed E-state index contributed by atoms with van der Waals surface area (Å²) in [5.74, 6) is 0. The van der Waals surface area contributed by atoms with Gasteiger partial charge in [-0.2, -0.15) is 0 Å². The zero-order valence-corrected chi connectivity index (χ0v) is 26.2. The maximum Gasteiger partial charge on any atom is 0.0641 e. The summed E-state index contributed by atoms with van der Waals surface area (Å²) >= 11 is 0. The van der Waals surface area contributed by atoms with Gasteiger partial charge in [0.1, 0.15) is 0 Å². The van der Waals surface area contributed by atoms with Crippen LogP contribution >= 0.6 is 0 Å². The Bertz CT molecular complexity index is 2820. The minimum absolute atomic E-state index is 1.15. The molecule has 0 saturated heterocycles. The summed E-state index contributed by atoms with van der Waals surface area (Å²) < 4.78 is 4.90. The molecule has 10 rings (SSSR count). The monoisotopic (exact) mass is 610 g/mol. The maximum absolute atomic E-state index is 2.47. The summed E-state index contributed by atoms with van der Waals surface area (Å²) in [5.41, 5.74) is 12.1. The van der Waals surface area contributed by atoms with Gasteiger partial charge in [-0.05, 0) is 81.6 Å². The summed E-state index contributed by atoms with van der Waals surface area (Å²) in [7, 11) is 0. The van der Waals surface area contributed by atoms with Gasteiger partial charge in [-0.1, -0.05) is 133 Å². The van der Waals surface area contributed by atoms with Crippen LogP contribution in [0.5, 0.6) is 0 Å². The minimum Gasteiger partial charge on any atom is -0.309 e. The average Bonchev–Trinajstić information content (AvgIpc) is 3.68. The van der Waals surface area contributed by atoms with E-state index in [1.54, 1.807) is 0 Å². The second kappa shape index (κ2) is 10.6. The maximum atomic E-state index is 2.47. The van der Waals surface area contributed by atoms with Crippen molar-refractivity contribution in [2.75, 3.05) is 0 Å². The molecule has 0 N–H and O–H groups in total. The molecular weight excluding hydrogens is 581 g/mol. The van der Waals surface area contributed by atoms with Crippen molar-refractivity contribution in [1.29, 1.82) is 0 Å². The molecule has 0 radical (unpaired) electrons. The number of hydrogen-bond acceptors (Lipinski definition) is 0. The van der Waals surface area contributed by atoms with Crippen LogP contribution in [0.15, 0.2) is 182 Å². The molecule has 0 atom stereocenters. The predicted octanol–water partition coefficient (Wildman–Crippen LogP) is 12.4. The molecule has 8 aromatic carbocycles. The first-order chi connectivity index (χ1) is 23.8. The molecule has 0 amide bonds. The second-order valence-electron chi connectivity index (χ2n) is 12.6. The van der Waals surface area contributed by atoms with Gasteiger partial charge in [0, 0.05) is 32.9 Å². The van der Waals surface area contributed by atoms with Gasteiger partial charge in [-0.3, -0.25) is 0 Å². The molecule has 0 aliphatic heterocycles. The van der Waals surface area contributed by atoms with Crippen molar-refractivity contribution in [3.63, 3.8) is 0 Å². The van der Waals surface area contributed by atoms with Gasteiger partial charge in [-0.15, -0.1) is 0 Å². The lowest BCUT2D eigenvalue weighted by molar-refractivity contribution is 1.18. The Balaban J connectivity index is 1.21. The third-order valence-electron chi connectivity index (χ3n) is 9.89. The Morgan fingerprint density at radius 3 is 1.69 bits per heavy atom. The standard InChI is InChI=1S/C46H30N2/c1-2-11-31(12-3-1)34-15-10-16-35(29-34)33-21-24-37(25-22-33)48-42-19-8-6-17-39(42)40-27-28-44-45(46(40)48)41-18-7-9-20-43(41)47(44)38-26-23-32-13-4-5-14-36(32)30-38/h1-30H. The Morgan fingerprint density at radius 2 is 0.896 bits per heavy atom. The highest BCUT2D eigenvalue weighted by molar-refractivity contribution is 6.26. The molecule has 2 heteroatoms. The number of fused-ring (bicyclic) bond motifs is 8. The molecular formula is C46H30N2. The summed E-state index contributed by atoms with van der Waals surface area (Å²) in [6.45, 7) is 0. The number of aromatic nitrogens is 2. The van der Waals surface area contributed by atoms with Crippen LogP contribution < -0.4 is 0 Å². The first-order valence-electron chi connectivity index (χ1n) is 16.5. The number of para-hydroxylation sites is 2. The van der Waals surface area contributed by atoms with Gasteiger partial charge in [0.25, 0.3) is 0 Å². The lowest BCUT2D eigenvalue weighted by Gasteiger charge is -2.12. The lowest BCUT2D eigenvalue weighted by Crippen LogP contribution is -1.95. The van der Waals surface area contributed by atoms with E-state index in [2.05, 4.69) is 191 Å². The SMILES string of the molecule is c1ccc(-c2cccc(-c3ccc(-n4c5ccccc5c5ccc6c(c7ccccc7n6-c6ccc7ccccc7c6)c54)cc3)c2)cc1. The summed E-state index contributed by atoms with van der Waals surface area (Å²) in [5, 5.41) is 7.54. The summed E-state index contributed by atoms with van der Waals surface area (Å²) in [4.78, 5) is 0. The summed E-state index contributed by atoms with van der Waals surface area (Å²) in [6.07, 6.45) is 0.